The van der Waals surface area contributed by atoms with Gasteiger partial charge in [0.25, 0.3) is 0 Å². The van der Waals surface area contributed by atoms with Crippen molar-refractivity contribution in [3.05, 3.63) is 52.2 Å². The third-order valence-electron chi connectivity index (χ3n) is 6.01. The zero-order chi connectivity index (χ0) is 23.8. The molecular formula is C24H25ClFN7O. The van der Waals surface area contributed by atoms with E-state index in [0.717, 1.165) is 29.8 Å². The molecule has 0 bridgehead atoms. The van der Waals surface area contributed by atoms with Crippen LogP contribution in [0.1, 0.15) is 24.2 Å². The molecule has 34 heavy (non-hydrogen) atoms. The maximum absolute atomic E-state index is 14.9. The first-order chi connectivity index (χ1) is 16.4. The molecule has 1 unspecified atom stereocenters. The van der Waals surface area contributed by atoms with Crippen LogP contribution in [-0.4, -0.2) is 58.0 Å². The molecule has 0 spiro atoms. The largest absolute Gasteiger partial charge is 0.404 e. The molecule has 0 amide bonds. The number of nitrogens with zero attached hydrogens (tertiary/aromatic N) is 6. The highest BCUT2D eigenvalue weighted by molar-refractivity contribution is 6.30. The Bertz CT molecular complexity index is 1310. The van der Waals surface area contributed by atoms with Gasteiger partial charge in [-0.2, -0.15) is 4.98 Å². The van der Waals surface area contributed by atoms with Crippen molar-refractivity contribution in [1.82, 2.24) is 19.9 Å². The summed E-state index contributed by atoms with van der Waals surface area (Å²) in [5.41, 5.74) is 9.69. The van der Waals surface area contributed by atoms with E-state index in [0.29, 0.717) is 59.1 Å². The first-order valence-corrected chi connectivity index (χ1v) is 11.6. The number of rotatable bonds is 5. The highest BCUT2D eigenvalue weighted by atomic mass is 35.5. The summed E-state index contributed by atoms with van der Waals surface area (Å²) >= 11 is 5.98. The summed E-state index contributed by atoms with van der Waals surface area (Å²) in [6.45, 7) is 5.24. The summed E-state index contributed by atoms with van der Waals surface area (Å²) in [5, 5.41) is 0.308. The molecule has 2 aromatic heterocycles. The minimum atomic E-state index is -0.483. The van der Waals surface area contributed by atoms with Gasteiger partial charge in [0.05, 0.1) is 30.6 Å². The molecule has 5 rings (SSSR count). The minimum absolute atomic E-state index is 0.276. The Morgan fingerprint density at radius 1 is 1.21 bits per heavy atom. The van der Waals surface area contributed by atoms with Crippen molar-refractivity contribution < 1.29 is 9.13 Å². The molecule has 1 aliphatic heterocycles. The molecule has 1 aromatic carbocycles. The van der Waals surface area contributed by atoms with Crippen LogP contribution in [0.25, 0.3) is 22.4 Å². The van der Waals surface area contributed by atoms with Crippen LogP contribution < -0.4 is 10.6 Å². The van der Waals surface area contributed by atoms with E-state index in [4.69, 9.17) is 32.0 Å². The molecule has 3 heterocycles. The molecule has 1 aliphatic carbocycles. The molecule has 2 fully saturated rings. The van der Waals surface area contributed by atoms with E-state index in [1.807, 2.05) is 18.7 Å². The standard InChI is InChI=1S/C24H25ClFN7O/c1-13-14(2)30-23-22(29-13)21(18-6-3-16(25)9-19(18)26)31-24(32-23)33-7-8-34-20(12-33)15(10-27)11-28-17-4-5-17/h3,6,9-11,17,20H,4-5,7-8,12,27H2,1-2H3/b15-10+,28-11?. The fourth-order valence-corrected chi connectivity index (χ4v) is 3.95. The van der Waals surface area contributed by atoms with Crippen LogP contribution in [0.5, 0.6) is 0 Å². The molecule has 3 aromatic rings. The van der Waals surface area contributed by atoms with Gasteiger partial charge in [0.15, 0.2) is 5.65 Å². The molecule has 10 heteroatoms. The van der Waals surface area contributed by atoms with Crippen molar-refractivity contribution in [2.45, 2.75) is 38.8 Å². The highest BCUT2D eigenvalue weighted by Gasteiger charge is 2.27. The summed E-state index contributed by atoms with van der Waals surface area (Å²) in [7, 11) is 0. The van der Waals surface area contributed by atoms with Crippen LogP contribution in [-0.2, 0) is 4.74 Å². The van der Waals surface area contributed by atoms with E-state index in [-0.39, 0.29) is 6.10 Å². The van der Waals surface area contributed by atoms with Gasteiger partial charge in [-0.1, -0.05) is 11.6 Å². The van der Waals surface area contributed by atoms with Gasteiger partial charge in [-0.3, -0.25) is 4.99 Å². The topological polar surface area (TPSA) is 102 Å². The van der Waals surface area contributed by atoms with Crippen LogP contribution in [0.3, 0.4) is 0 Å². The molecule has 1 saturated heterocycles. The predicted octanol–water partition coefficient (Wildman–Crippen LogP) is 3.78. The number of ether oxygens (including phenoxy) is 1. The maximum Gasteiger partial charge on any atom is 0.228 e. The number of aromatic nitrogens is 4. The van der Waals surface area contributed by atoms with Crippen LogP contribution >= 0.6 is 11.6 Å². The SMILES string of the molecule is Cc1nc2nc(N3CCOC(/C(C=NC4CC4)=C/N)C3)nc(-c3ccc(Cl)cc3F)c2nc1C. The van der Waals surface area contributed by atoms with Crippen molar-refractivity contribution in [2.75, 3.05) is 24.6 Å². The third-order valence-corrected chi connectivity index (χ3v) is 6.25. The van der Waals surface area contributed by atoms with E-state index in [1.54, 1.807) is 18.3 Å². The van der Waals surface area contributed by atoms with Crippen molar-refractivity contribution in [1.29, 1.82) is 0 Å². The lowest BCUT2D eigenvalue weighted by Crippen LogP contribution is -2.44. The Morgan fingerprint density at radius 2 is 2.00 bits per heavy atom. The summed E-state index contributed by atoms with van der Waals surface area (Å²) in [5.74, 6) is -0.0545. The molecule has 176 valence electrons. The Balaban J connectivity index is 1.56. The number of halogens is 2. The lowest BCUT2D eigenvalue weighted by Gasteiger charge is -2.33. The van der Waals surface area contributed by atoms with Crippen LogP contribution in [0.2, 0.25) is 5.02 Å². The fraction of sp³-hybridized carbons (Fsp3) is 0.375. The number of morpholine rings is 1. The maximum atomic E-state index is 14.9. The lowest BCUT2D eigenvalue weighted by molar-refractivity contribution is 0.0673. The molecule has 8 nitrogen and oxygen atoms in total. The number of aryl methyl sites for hydroxylation is 2. The van der Waals surface area contributed by atoms with Gasteiger partial charge in [-0.25, -0.2) is 19.3 Å². The van der Waals surface area contributed by atoms with E-state index in [2.05, 4.69) is 15.0 Å². The number of hydrogen-bond acceptors (Lipinski definition) is 8. The second-order valence-corrected chi connectivity index (χ2v) is 8.98. The Hall–Kier alpha value is -3.17. The summed E-state index contributed by atoms with van der Waals surface area (Å²) in [6, 6.07) is 4.89. The first kappa shape index (κ1) is 22.6. The number of aliphatic imine (C=N–C) groups is 1. The van der Waals surface area contributed by atoms with Gasteiger partial charge in [0, 0.05) is 35.1 Å². The zero-order valence-electron chi connectivity index (χ0n) is 19.0. The quantitative estimate of drug-likeness (QED) is 0.553. The van der Waals surface area contributed by atoms with Crippen LogP contribution in [0.15, 0.2) is 35.0 Å². The van der Waals surface area contributed by atoms with Crippen molar-refractivity contribution in [3.8, 4) is 11.3 Å². The fourth-order valence-electron chi connectivity index (χ4n) is 3.79. The van der Waals surface area contributed by atoms with E-state index in [1.165, 1.54) is 12.3 Å². The molecular weight excluding hydrogens is 457 g/mol. The second-order valence-electron chi connectivity index (χ2n) is 8.54. The van der Waals surface area contributed by atoms with E-state index in [9.17, 15) is 4.39 Å². The number of hydrogen-bond donors (Lipinski definition) is 1. The van der Waals surface area contributed by atoms with Gasteiger partial charge in [0.1, 0.15) is 23.1 Å². The zero-order valence-corrected chi connectivity index (χ0v) is 19.8. The Morgan fingerprint density at radius 3 is 2.74 bits per heavy atom. The van der Waals surface area contributed by atoms with Gasteiger partial charge in [-0.15, -0.1) is 0 Å². The number of anilines is 1. The summed E-state index contributed by atoms with van der Waals surface area (Å²) < 4.78 is 20.9. The van der Waals surface area contributed by atoms with E-state index < -0.39 is 5.82 Å². The molecule has 1 saturated carbocycles. The predicted molar refractivity (Wildman–Crippen MR) is 131 cm³/mol. The minimum Gasteiger partial charge on any atom is -0.404 e. The van der Waals surface area contributed by atoms with Gasteiger partial charge in [-0.05, 0) is 44.9 Å². The Labute approximate surface area is 201 Å². The smallest absolute Gasteiger partial charge is 0.228 e. The second kappa shape index (κ2) is 9.23. The van der Waals surface area contributed by atoms with Gasteiger partial charge < -0.3 is 15.4 Å². The van der Waals surface area contributed by atoms with Crippen LogP contribution in [0.4, 0.5) is 10.3 Å². The molecule has 2 N–H and O–H groups in total. The number of benzene rings is 1. The first-order valence-electron chi connectivity index (χ1n) is 11.2. The summed E-state index contributed by atoms with van der Waals surface area (Å²) in [6.07, 6.45) is 5.29. The Kier molecular flexibility index (Phi) is 6.14. The average molecular weight is 482 g/mol. The highest BCUT2D eigenvalue weighted by Crippen LogP contribution is 2.31. The molecule has 1 atom stereocenters. The lowest BCUT2D eigenvalue weighted by atomic mass is 10.1. The third kappa shape index (κ3) is 4.58. The van der Waals surface area contributed by atoms with Crippen molar-refractivity contribution >= 4 is 34.9 Å². The molecule has 0 radical (unpaired) electrons. The van der Waals surface area contributed by atoms with Crippen molar-refractivity contribution in [3.63, 3.8) is 0 Å². The molecule has 2 aliphatic rings. The average Bonchev–Trinajstić information content (AvgIpc) is 3.65. The van der Waals surface area contributed by atoms with Crippen molar-refractivity contribution in [2.24, 2.45) is 10.7 Å². The van der Waals surface area contributed by atoms with Gasteiger partial charge in [0.2, 0.25) is 5.95 Å². The number of fused-ring (bicyclic) bond motifs is 1. The van der Waals surface area contributed by atoms with Crippen LogP contribution in [0, 0.1) is 19.7 Å². The number of nitrogens with two attached hydrogens (primary N) is 1. The van der Waals surface area contributed by atoms with E-state index >= 15 is 0 Å². The monoisotopic (exact) mass is 481 g/mol. The normalized spacial score (nSPS) is 19.4. The summed E-state index contributed by atoms with van der Waals surface area (Å²) in [4.78, 5) is 25.2. The van der Waals surface area contributed by atoms with Gasteiger partial charge >= 0.3 is 0 Å².